The Balaban J connectivity index is 2.59. The number of ether oxygens (including phenoxy) is 2. The van der Waals surface area contributed by atoms with Crippen molar-refractivity contribution in [2.24, 2.45) is 0 Å². The van der Waals surface area contributed by atoms with Crippen LogP contribution in [0.3, 0.4) is 0 Å². The van der Waals surface area contributed by atoms with E-state index in [0.717, 1.165) is 0 Å². The van der Waals surface area contributed by atoms with Crippen LogP contribution < -0.4 is 0 Å². The average molecular weight is 186 g/mol. The first-order valence-electron chi connectivity index (χ1n) is 4.33. The van der Waals surface area contributed by atoms with E-state index < -0.39 is 0 Å². The zero-order valence-electron chi connectivity index (χ0n) is 7.87. The average Bonchev–Trinajstić information content (AvgIpc) is 2.47. The highest BCUT2D eigenvalue weighted by molar-refractivity contribution is 5.89. The maximum atomic E-state index is 11.3. The lowest BCUT2D eigenvalue weighted by Gasteiger charge is -2.05. The number of allylic oxidation sites excluding steroid dienone is 1. The van der Waals surface area contributed by atoms with Crippen molar-refractivity contribution in [1.82, 2.24) is 0 Å². The molecule has 0 aromatic rings. The molecule has 0 aromatic carbocycles. The lowest BCUT2D eigenvalue weighted by molar-refractivity contribution is -0.138. The lowest BCUT2D eigenvalue weighted by atomic mass is 10.1. The van der Waals surface area contributed by atoms with Gasteiger partial charge in [0.2, 0.25) is 0 Å². The first-order valence-corrected chi connectivity index (χ1v) is 4.33. The zero-order chi connectivity index (χ0) is 9.84. The fourth-order valence-corrected chi connectivity index (χ4v) is 1.28. The molecule has 1 atom stereocenters. The van der Waals surface area contributed by atoms with Crippen LogP contribution in [-0.2, 0) is 14.3 Å². The van der Waals surface area contributed by atoms with Crippen LogP contribution in [0.4, 0.5) is 0 Å². The van der Waals surface area contributed by atoms with E-state index in [2.05, 4.69) is 0 Å². The molecule has 1 heterocycles. The van der Waals surface area contributed by atoms with Crippen molar-refractivity contribution < 1.29 is 19.4 Å². The number of aliphatic hydroxyl groups excluding tert-OH is 1. The zero-order valence-corrected chi connectivity index (χ0v) is 7.87. The second kappa shape index (κ2) is 4.28. The van der Waals surface area contributed by atoms with Crippen molar-refractivity contribution in [1.29, 1.82) is 0 Å². The van der Waals surface area contributed by atoms with Gasteiger partial charge in [-0.2, -0.15) is 0 Å². The monoisotopic (exact) mass is 186 g/mol. The number of rotatable bonds is 3. The Bertz CT molecular complexity index is 232. The largest absolute Gasteiger partial charge is 0.492 e. The predicted molar refractivity (Wildman–Crippen MR) is 45.9 cm³/mol. The lowest BCUT2D eigenvalue weighted by Crippen LogP contribution is -2.13. The van der Waals surface area contributed by atoms with Gasteiger partial charge in [-0.25, -0.2) is 4.79 Å². The van der Waals surface area contributed by atoms with E-state index in [1.54, 1.807) is 13.8 Å². The summed E-state index contributed by atoms with van der Waals surface area (Å²) in [5.74, 6) is 0.230. The third-order valence-electron chi connectivity index (χ3n) is 1.93. The second-order valence-electron chi connectivity index (χ2n) is 2.88. The molecule has 1 N–H and O–H groups in total. The van der Waals surface area contributed by atoms with Gasteiger partial charge in [-0.15, -0.1) is 0 Å². The molecule has 0 aliphatic carbocycles. The molecule has 0 saturated carbocycles. The molecule has 0 saturated heterocycles. The van der Waals surface area contributed by atoms with E-state index in [1.807, 2.05) is 0 Å². The first-order chi connectivity index (χ1) is 6.19. The second-order valence-corrected chi connectivity index (χ2v) is 2.88. The summed E-state index contributed by atoms with van der Waals surface area (Å²) >= 11 is 0. The van der Waals surface area contributed by atoms with Crippen molar-refractivity contribution in [3.8, 4) is 0 Å². The Kier molecular flexibility index (Phi) is 3.31. The van der Waals surface area contributed by atoms with Crippen LogP contribution in [0.5, 0.6) is 0 Å². The molecule has 4 nitrogen and oxygen atoms in total. The summed E-state index contributed by atoms with van der Waals surface area (Å²) in [5, 5.41) is 8.81. The van der Waals surface area contributed by atoms with Gasteiger partial charge < -0.3 is 14.6 Å². The van der Waals surface area contributed by atoms with Crippen molar-refractivity contribution in [3.05, 3.63) is 11.3 Å². The molecule has 1 aliphatic rings. The molecule has 0 fully saturated rings. The Labute approximate surface area is 77.1 Å². The molecule has 1 unspecified atom stereocenters. The van der Waals surface area contributed by atoms with Gasteiger partial charge in [-0.3, -0.25) is 0 Å². The molecule has 0 aromatic heterocycles. The van der Waals surface area contributed by atoms with Gasteiger partial charge in [0.15, 0.2) is 0 Å². The van der Waals surface area contributed by atoms with Gasteiger partial charge in [0.05, 0.1) is 18.8 Å². The number of aliphatic hydroxyl groups is 1. The molecule has 74 valence electrons. The quantitative estimate of drug-likeness (QED) is 0.656. The first kappa shape index (κ1) is 10.1. The molecular weight excluding hydrogens is 172 g/mol. The van der Waals surface area contributed by atoms with Crippen molar-refractivity contribution in [2.45, 2.75) is 26.4 Å². The normalized spacial score (nSPS) is 21.6. The van der Waals surface area contributed by atoms with E-state index in [9.17, 15) is 4.79 Å². The van der Waals surface area contributed by atoms with Crippen molar-refractivity contribution in [3.63, 3.8) is 0 Å². The molecule has 0 bridgehead atoms. The Morgan fingerprint density at radius 3 is 2.92 bits per heavy atom. The van der Waals surface area contributed by atoms with Crippen molar-refractivity contribution in [2.75, 3.05) is 13.2 Å². The molecule has 0 radical (unpaired) electrons. The Morgan fingerprint density at radius 1 is 1.77 bits per heavy atom. The number of carbonyl (C=O) groups is 1. The fraction of sp³-hybridized carbons (Fsp3) is 0.667. The van der Waals surface area contributed by atoms with Gasteiger partial charge in [0, 0.05) is 6.42 Å². The van der Waals surface area contributed by atoms with Crippen LogP contribution in [0.1, 0.15) is 20.3 Å². The van der Waals surface area contributed by atoms with Gasteiger partial charge in [-0.1, -0.05) is 0 Å². The van der Waals surface area contributed by atoms with E-state index >= 15 is 0 Å². The highest BCUT2D eigenvalue weighted by Crippen LogP contribution is 2.25. The van der Waals surface area contributed by atoms with Gasteiger partial charge >= 0.3 is 5.97 Å². The molecular formula is C9H14O4. The maximum Gasteiger partial charge on any atom is 0.337 e. The summed E-state index contributed by atoms with van der Waals surface area (Å²) in [5.41, 5.74) is 0.543. The molecule has 0 amide bonds. The maximum absolute atomic E-state index is 11.3. The minimum atomic E-state index is -0.337. The molecule has 13 heavy (non-hydrogen) atoms. The Morgan fingerprint density at radius 2 is 2.46 bits per heavy atom. The standard InChI is InChI=1S/C9H14O4/c1-3-12-9(11)8-4-7(5-10)13-6(8)2/h7,10H,3-5H2,1-2H3. The molecule has 1 rings (SSSR count). The number of carbonyl (C=O) groups excluding carboxylic acids is 1. The van der Waals surface area contributed by atoms with Crippen LogP contribution in [0.2, 0.25) is 0 Å². The van der Waals surface area contributed by atoms with E-state index in [4.69, 9.17) is 14.6 Å². The summed E-state index contributed by atoms with van der Waals surface area (Å²) in [4.78, 5) is 11.3. The summed E-state index contributed by atoms with van der Waals surface area (Å²) in [6.45, 7) is 3.76. The van der Waals surface area contributed by atoms with Crippen LogP contribution in [0.15, 0.2) is 11.3 Å². The van der Waals surface area contributed by atoms with Gasteiger partial charge in [-0.05, 0) is 13.8 Å². The summed E-state index contributed by atoms with van der Waals surface area (Å²) < 4.78 is 10.0. The fourth-order valence-electron chi connectivity index (χ4n) is 1.28. The summed E-state index contributed by atoms with van der Waals surface area (Å²) in [6, 6.07) is 0. The Hall–Kier alpha value is -1.03. The highest BCUT2D eigenvalue weighted by atomic mass is 16.5. The van der Waals surface area contributed by atoms with E-state index in [1.165, 1.54) is 0 Å². The minimum absolute atomic E-state index is 0.0692. The number of hydrogen-bond donors (Lipinski definition) is 1. The molecule has 4 heteroatoms. The highest BCUT2D eigenvalue weighted by Gasteiger charge is 2.27. The molecule has 1 aliphatic heterocycles. The predicted octanol–water partition coefficient (Wildman–Crippen LogP) is 0.605. The molecule has 0 spiro atoms. The van der Waals surface area contributed by atoms with Gasteiger partial charge in [0.25, 0.3) is 0 Å². The number of hydrogen-bond acceptors (Lipinski definition) is 4. The third kappa shape index (κ3) is 2.21. The van der Waals surface area contributed by atoms with Gasteiger partial charge in [0.1, 0.15) is 11.9 Å². The third-order valence-corrected chi connectivity index (χ3v) is 1.93. The number of esters is 1. The van der Waals surface area contributed by atoms with E-state index in [-0.39, 0.29) is 18.7 Å². The van der Waals surface area contributed by atoms with Crippen LogP contribution >= 0.6 is 0 Å². The van der Waals surface area contributed by atoms with E-state index in [0.29, 0.717) is 24.4 Å². The summed E-state index contributed by atoms with van der Waals surface area (Å²) in [6.07, 6.45) is 0.167. The smallest absolute Gasteiger partial charge is 0.337 e. The van der Waals surface area contributed by atoms with Crippen LogP contribution in [0.25, 0.3) is 0 Å². The summed E-state index contributed by atoms with van der Waals surface area (Å²) in [7, 11) is 0. The van der Waals surface area contributed by atoms with Crippen molar-refractivity contribution >= 4 is 5.97 Å². The SMILES string of the molecule is CCOC(=O)C1=C(C)OC(CO)C1. The van der Waals surface area contributed by atoms with Crippen LogP contribution in [0, 0.1) is 0 Å². The van der Waals surface area contributed by atoms with Crippen LogP contribution in [-0.4, -0.2) is 30.4 Å². The minimum Gasteiger partial charge on any atom is -0.492 e. The topological polar surface area (TPSA) is 55.8 Å².